The molecular weight excluding hydrogens is 443 g/mol. The summed E-state index contributed by atoms with van der Waals surface area (Å²) < 4.78 is 52.2. The summed E-state index contributed by atoms with van der Waals surface area (Å²) in [6.07, 6.45) is -4.67. The highest BCUT2D eigenvalue weighted by atomic mass is 35.5. The van der Waals surface area contributed by atoms with Gasteiger partial charge in [0, 0.05) is 24.4 Å². The van der Waals surface area contributed by atoms with Crippen molar-refractivity contribution in [3.8, 4) is 0 Å². The van der Waals surface area contributed by atoms with E-state index < -0.39 is 41.5 Å². The molecule has 1 fully saturated rings. The molecule has 0 saturated carbocycles. The Morgan fingerprint density at radius 1 is 1.18 bits per heavy atom. The number of aromatic nitrogens is 3. The number of hydrogen-bond donors (Lipinski definition) is 0. The van der Waals surface area contributed by atoms with Gasteiger partial charge in [0.2, 0.25) is 5.91 Å². The van der Waals surface area contributed by atoms with Crippen LogP contribution in [-0.2, 0) is 11.3 Å². The molecule has 0 bridgehead atoms. The van der Waals surface area contributed by atoms with Crippen LogP contribution in [0.15, 0.2) is 11.4 Å². The van der Waals surface area contributed by atoms with E-state index in [-0.39, 0.29) is 5.92 Å². The second-order valence-corrected chi connectivity index (χ2v) is 8.31. The SMILES string of the molecule is O=C(Cn1nc(C(F)F)cc1C(F)F)N1CCC(c2nc(C(Cl)Cl)cs2)CC1. The molecule has 1 saturated heterocycles. The van der Waals surface area contributed by atoms with Crippen molar-refractivity contribution in [3.63, 3.8) is 0 Å². The van der Waals surface area contributed by atoms with Crippen LogP contribution in [0.25, 0.3) is 0 Å². The van der Waals surface area contributed by atoms with E-state index in [1.807, 2.05) is 0 Å². The van der Waals surface area contributed by atoms with Crippen LogP contribution in [0.3, 0.4) is 0 Å². The van der Waals surface area contributed by atoms with Crippen molar-refractivity contribution in [3.05, 3.63) is 33.5 Å². The molecule has 0 aliphatic carbocycles. The van der Waals surface area contributed by atoms with Crippen molar-refractivity contribution in [2.24, 2.45) is 0 Å². The molecule has 2 aromatic heterocycles. The first kappa shape index (κ1) is 21.3. The average molecular weight is 459 g/mol. The third kappa shape index (κ3) is 4.77. The predicted molar refractivity (Wildman–Crippen MR) is 97.3 cm³/mol. The number of thiazole rings is 1. The maximum Gasteiger partial charge on any atom is 0.282 e. The number of rotatable bonds is 6. The van der Waals surface area contributed by atoms with Gasteiger partial charge in [-0.05, 0) is 18.9 Å². The number of likely N-dealkylation sites (tertiary alicyclic amines) is 1. The van der Waals surface area contributed by atoms with E-state index >= 15 is 0 Å². The highest BCUT2D eigenvalue weighted by molar-refractivity contribution is 7.09. The Morgan fingerprint density at radius 2 is 1.86 bits per heavy atom. The minimum Gasteiger partial charge on any atom is -0.341 e. The number of piperidine rings is 1. The summed E-state index contributed by atoms with van der Waals surface area (Å²) in [5.74, 6) is -0.285. The maximum atomic E-state index is 13.0. The van der Waals surface area contributed by atoms with E-state index in [9.17, 15) is 22.4 Å². The molecule has 3 heterocycles. The van der Waals surface area contributed by atoms with Gasteiger partial charge in [-0.3, -0.25) is 9.48 Å². The highest BCUT2D eigenvalue weighted by Crippen LogP contribution is 2.34. The molecule has 0 radical (unpaired) electrons. The topological polar surface area (TPSA) is 51.0 Å². The Labute approximate surface area is 172 Å². The summed E-state index contributed by atoms with van der Waals surface area (Å²) in [7, 11) is 0. The monoisotopic (exact) mass is 458 g/mol. The van der Waals surface area contributed by atoms with Gasteiger partial charge in [0.25, 0.3) is 12.9 Å². The lowest BCUT2D eigenvalue weighted by Gasteiger charge is -2.31. The molecule has 154 valence electrons. The Morgan fingerprint density at radius 3 is 2.39 bits per heavy atom. The van der Waals surface area contributed by atoms with E-state index in [0.717, 1.165) is 5.01 Å². The van der Waals surface area contributed by atoms with Crippen LogP contribution in [-0.4, -0.2) is 38.7 Å². The first-order chi connectivity index (χ1) is 13.3. The fraction of sp³-hybridized carbons (Fsp3) is 0.562. The van der Waals surface area contributed by atoms with Crippen molar-refractivity contribution >= 4 is 40.4 Å². The van der Waals surface area contributed by atoms with Gasteiger partial charge < -0.3 is 4.90 Å². The molecule has 2 aromatic rings. The van der Waals surface area contributed by atoms with Gasteiger partial charge in [-0.25, -0.2) is 22.5 Å². The Balaban J connectivity index is 1.61. The number of halogens is 6. The number of carbonyl (C=O) groups is 1. The number of nitrogens with zero attached hydrogens (tertiary/aromatic N) is 4. The second-order valence-electron chi connectivity index (χ2n) is 6.32. The van der Waals surface area contributed by atoms with E-state index in [0.29, 0.717) is 42.4 Å². The van der Waals surface area contributed by atoms with Crippen LogP contribution < -0.4 is 0 Å². The summed E-state index contributed by atoms with van der Waals surface area (Å²) in [6.45, 7) is 0.325. The van der Waals surface area contributed by atoms with Crippen molar-refractivity contribution in [1.29, 1.82) is 0 Å². The molecule has 3 rings (SSSR count). The van der Waals surface area contributed by atoms with Crippen LogP contribution in [0.4, 0.5) is 17.6 Å². The fourth-order valence-electron chi connectivity index (χ4n) is 3.05. The number of carbonyl (C=O) groups excluding carboxylic acids is 1. The standard InChI is InChI=1S/C16H16Cl2F4N4OS/c17-13(18)10-7-28-16(23-10)8-1-3-25(4-2-8)12(27)6-26-11(15(21)22)5-9(24-26)14(19)20/h5,7-8,13-15H,1-4,6H2. The molecule has 0 atom stereocenters. The van der Waals surface area contributed by atoms with Crippen LogP contribution in [0.1, 0.15) is 58.5 Å². The van der Waals surface area contributed by atoms with Crippen molar-refractivity contribution < 1.29 is 22.4 Å². The molecular formula is C16H16Cl2F4N4OS. The summed E-state index contributed by atoms with van der Waals surface area (Å²) >= 11 is 13.1. The Kier molecular flexibility index (Phi) is 6.82. The molecule has 0 aromatic carbocycles. The predicted octanol–water partition coefficient (Wildman–Crippen LogP) is 5.10. The molecule has 0 unspecified atom stereocenters. The summed E-state index contributed by atoms with van der Waals surface area (Å²) in [6, 6.07) is 0.635. The van der Waals surface area contributed by atoms with Crippen LogP contribution >= 0.6 is 34.5 Å². The first-order valence-electron chi connectivity index (χ1n) is 8.41. The van der Waals surface area contributed by atoms with Crippen molar-refractivity contribution in [1.82, 2.24) is 19.7 Å². The molecule has 0 N–H and O–H groups in total. The summed E-state index contributed by atoms with van der Waals surface area (Å²) in [5.41, 5.74) is -0.862. The van der Waals surface area contributed by atoms with Crippen LogP contribution in [0, 0.1) is 0 Å². The third-order valence-electron chi connectivity index (χ3n) is 4.52. The Hall–Kier alpha value is -1.39. The molecule has 28 heavy (non-hydrogen) atoms. The van der Waals surface area contributed by atoms with Gasteiger partial charge in [0.15, 0.2) is 0 Å². The maximum absolute atomic E-state index is 13.0. The zero-order chi connectivity index (χ0) is 20.4. The number of alkyl halides is 6. The average Bonchev–Trinajstić information content (AvgIpc) is 3.29. The molecule has 1 aliphatic rings. The Bertz CT molecular complexity index is 821. The zero-order valence-electron chi connectivity index (χ0n) is 14.4. The lowest BCUT2D eigenvalue weighted by Crippen LogP contribution is -2.40. The van der Waals surface area contributed by atoms with Gasteiger partial charge >= 0.3 is 0 Å². The van der Waals surface area contributed by atoms with E-state index in [2.05, 4.69) is 10.1 Å². The second kappa shape index (κ2) is 8.96. The van der Waals surface area contributed by atoms with Gasteiger partial charge in [0.05, 0.1) is 10.7 Å². The van der Waals surface area contributed by atoms with Crippen molar-refractivity contribution in [2.45, 2.75) is 43.0 Å². The largest absolute Gasteiger partial charge is 0.341 e. The fourth-order valence-corrected chi connectivity index (χ4v) is 4.44. The highest BCUT2D eigenvalue weighted by Gasteiger charge is 2.28. The minimum atomic E-state index is -3.00. The lowest BCUT2D eigenvalue weighted by atomic mass is 9.97. The molecule has 12 heteroatoms. The molecule has 5 nitrogen and oxygen atoms in total. The van der Waals surface area contributed by atoms with Crippen LogP contribution in [0.5, 0.6) is 0 Å². The molecule has 0 spiro atoms. The third-order valence-corrected chi connectivity index (χ3v) is 5.99. The van der Waals surface area contributed by atoms with E-state index in [4.69, 9.17) is 23.2 Å². The smallest absolute Gasteiger partial charge is 0.282 e. The van der Waals surface area contributed by atoms with E-state index in [1.54, 1.807) is 5.38 Å². The summed E-state index contributed by atoms with van der Waals surface area (Å²) in [4.78, 5) is 17.7. The number of hydrogen-bond acceptors (Lipinski definition) is 4. The van der Waals surface area contributed by atoms with Gasteiger partial charge in [-0.1, -0.05) is 23.2 Å². The van der Waals surface area contributed by atoms with Gasteiger partial charge in [-0.2, -0.15) is 5.10 Å². The normalized spacial score (nSPS) is 16.0. The lowest BCUT2D eigenvalue weighted by molar-refractivity contribution is -0.133. The summed E-state index contributed by atoms with van der Waals surface area (Å²) in [5, 5.41) is 6.14. The van der Waals surface area contributed by atoms with Crippen molar-refractivity contribution in [2.75, 3.05) is 13.1 Å². The zero-order valence-corrected chi connectivity index (χ0v) is 16.7. The molecule has 1 amide bonds. The van der Waals surface area contributed by atoms with Gasteiger partial charge in [0.1, 0.15) is 22.8 Å². The number of amides is 1. The van der Waals surface area contributed by atoms with Crippen LogP contribution in [0.2, 0.25) is 0 Å². The van der Waals surface area contributed by atoms with Gasteiger partial charge in [-0.15, -0.1) is 11.3 Å². The molecule has 1 aliphatic heterocycles. The first-order valence-corrected chi connectivity index (χ1v) is 10.2. The quantitative estimate of drug-likeness (QED) is 0.447. The minimum absolute atomic E-state index is 0.154. The van der Waals surface area contributed by atoms with E-state index in [1.165, 1.54) is 16.2 Å².